The normalized spacial score (nSPS) is 10.9. The fraction of sp³-hybridized carbons (Fsp3) is 0.143. The van der Waals surface area contributed by atoms with Crippen LogP contribution in [0.3, 0.4) is 0 Å². The van der Waals surface area contributed by atoms with Crippen LogP contribution in [-0.4, -0.2) is 15.6 Å². The first kappa shape index (κ1) is 11.3. The molecule has 0 bridgehead atoms. The van der Waals surface area contributed by atoms with E-state index in [1.54, 1.807) is 30.2 Å². The summed E-state index contributed by atoms with van der Waals surface area (Å²) in [6.45, 7) is 2.03. The molecule has 0 aliphatic carbocycles. The van der Waals surface area contributed by atoms with Crippen LogP contribution in [0.5, 0.6) is 0 Å². The molecule has 0 saturated heterocycles. The minimum Gasteiger partial charge on any atom is -0.289 e. The molecule has 17 heavy (non-hydrogen) atoms. The van der Waals surface area contributed by atoms with Crippen molar-refractivity contribution in [3.8, 4) is 0 Å². The summed E-state index contributed by atoms with van der Waals surface area (Å²) in [5.41, 5.74) is 2.82. The number of ketones is 1. The fourth-order valence-corrected chi connectivity index (χ4v) is 1.59. The van der Waals surface area contributed by atoms with Crippen LogP contribution in [-0.2, 0) is 7.05 Å². The minimum absolute atomic E-state index is 0.0281. The predicted octanol–water partition coefficient (Wildman–Crippen LogP) is 2.62. The number of carbonyl (C=O) groups excluding carboxylic acids is 1. The highest BCUT2D eigenvalue weighted by Crippen LogP contribution is 2.07. The third kappa shape index (κ3) is 2.91. The first-order valence-electron chi connectivity index (χ1n) is 5.43. The van der Waals surface area contributed by atoms with Gasteiger partial charge in [0.1, 0.15) is 0 Å². The first-order chi connectivity index (χ1) is 8.15. The number of hydrogen-bond acceptors (Lipinski definition) is 2. The number of aromatic nitrogens is 2. The van der Waals surface area contributed by atoms with E-state index in [0.29, 0.717) is 5.56 Å². The van der Waals surface area contributed by atoms with Gasteiger partial charge in [0.25, 0.3) is 0 Å². The fourth-order valence-electron chi connectivity index (χ4n) is 1.59. The molecule has 2 aromatic rings. The monoisotopic (exact) mass is 226 g/mol. The Morgan fingerprint density at radius 1 is 1.41 bits per heavy atom. The van der Waals surface area contributed by atoms with E-state index in [1.165, 1.54) is 5.56 Å². The Labute approximate surface area is 100 Å². The van der Waals surface area contributed by atoms with Gasteiger partial charge in [0.05, 0.1) is 11.8 Å². The molecule has 3 heteroatoms. The summed E-state index contributed by atoms with van der Waals surface area (Å²) < 4.78 is 1.62. The van der Waals surface area contributed by atoms with Gasteiger partial charge in [0, 0.05) is 13.2 Å². The van der Waals surface area contributed by atoms with E-state index in [9.17, 15) is 4.79 Å². The summed E-state index contributed by atoms with van der Waals surface area (Å²) in [5.74, 6) is -0.0281. The van der Waals surface area contributed by atoms with E-state index in [0.717, 1.165) is 5.56 Å². The van der Waals surface area contributed by atoms with E-state index in [4.69, 9.17) is 0 Å². The summed E-state index contributed by atoms with van der Waals surface area (Å²) >= 11 is 0. The topological polar surface area (TPSA) is 34.9 Å². The molecular weight excluding hydrogens is 212 g/mol. The molecule has 86 valence electrons. The van der Waals surface area contributed by atoms with Gasteiger partial charge in [0.15, 0.2) is 5.78 Å². The molecule has 2 rings (SSSR count). The van der Waals surface area contributed by atoms with Gasteiger partial charge < -0.3 is 0 Å². The third-order valence-electron chi connectivity index (χ3n) is 2.46. The standard InChI is InChI=1S/C14H14N2O/c1-11-4-3-5-12(8-11)6-7-14(17)13-9-15-16(2)10-13/h3-10H,1-2H3/b7-6+. The van der Waals surface area contributed by atoms with Crippen LogP contribution in [0.1, 0.15) is 21.5 Å². The average Bonchev–Trinajstić information content (AvgIpc) is 2.73. The molecule has 1 aromatic heterocycles. The Bertz CT molecular complexity index is 567. The zero-order chi connectivity index (χ0) is 12.3. The van der Waals surface area contributed by atoms with Crippen molar-refractivity contribution in [3.05, 3.63) is 59.4 Å². The van der Waals surface area contributed by atoms with Crippen LogP contribution in [0.15, 0.2) is 42.7 Å². The van der Waals surface area contributed by atoms with Gasteiger partial charge >= 0.3 is 0 Å². The second-order valence-electron chi connectivity index (χ2n) is 4.01. The van der Waals surface area contributed by atoms with Crippen molar-refractivity contribution < 1.29 is 4.79 Å². The van der Waals surface area contributed by atoms with Gasteiger partial charge in [-0.15, -0.1) is 0 Å². The molecule has 0 fully saturated rings. The summed E-state index contributed by atoms with van der Waals surface area (Å²) in [7, 11) is 1.79. The lowest BCUT2D eigenvalue weighted by molar-refractivity contribution is 0.104. The highest BCUT2D eigenvalue weighted by atomic mass is 16.1. The van der Waals surface area contributed by atoms with E-state index < -0.39 is 0 Å². The molecular formula is C14H14N2O. The van der Waals surface area contributed by atoms with Crippen LogP contribution in [0, 0.1) is 6.92 Å². The minimum atomic E-state index is -0.0281. The number of hydrogen-bond donors (Lipinski definition) is 0. The maximum atomic E-state index is 11.8. The third-order valence-corrected chi connectivity index (χ3v) is 2.46. The number of rotatable bonds is 3. The summed E-state index contributed by atoms with van der Waals surface area (Å²) in [6.07, 6.45) is 6.68. The maximum absolute atomic E-state index is 11.8. The van der Waals surface area contributed by atoms with Gasteiger partial charge in [-0.1, -0.05) is 35.9 Å². The number of benzene rings is 1. The number of nitrogens with zero attached hydrogens (tertiary/aromatic N) is 2. The quantitative estimate of drug-likeness (QED) is 0.595. The Morgan fingerprint density at radius 3 is 2.88 bits per heavy atom. The summed E-state index contributed by atoms with van der Waals surface area (Å²) in [5, 5.41) is 3.97. The van der Waals surface area contributed by atoms with Crippen molar-refractivity contribution in [2.24, 2.45) is 7.05 Å². The molecule has 0 amide bonds. The Kier molecular flexibility index (Phi) is 3.19. The van der Waals surface area contributed by atoms with Crippen LogP contribution < -0.4 is 0 Å². The molecule has 0 N–H and O–H groups in total. The number of aryl methyl sites for hydroxylation is 2. The summed E-state index contributed by atoms with van der Waals surface area (Å²) in [4.78, 5) is 11.8. The van der Waals surface area contributed by atoms with Crippen molar-refractivity contribution in [2.45, 2.75) is 6.92 Å². The van der Waals surface area contributed by atoms with Crippen molar-refractivity contribution in [1.82, 2.24) is 9.78 Å². The van der Waals surface area contributed by atoms with E-state index in [1.807, 2.05) is 37.3 Å². The van der Waals surface area contributed by atoms with Crippen LogP contribution in [0.2, 0.25) is 0 Å². The van der Waals surface area contributed by atoms with Crippen LogP contribution >= 0.6 is 0 Å². The zero-order valence-electron chi connectivity index (χ0n) is 9.92. The van der Waals surface area contributed by atoms with E-state index in [2.05, 4.69) is 5.10 Å². The Hall–Kier alpha value is -2.16. The number of allylic oxidation sites excluding steroid dienone is 1. The van der Waals surface area contributed by atoms with Crippen LogP contribution in [0.25, 0.3) is 6.08 Å². The van der Waals surface area contributed by atoms with E-state index >= 15 is 0 Å². The molecule has 0 atom stereocenters. The molecule has 0 unspecified atom stereocenters. The Morgan fingerprint density at radius 2 is 2.24 bits per heavy atom. The predicted molar refractivity (Wildman–Crippen MR) is 67.8 cm³/mol. The number of carbonyl (C=O) groups is 1. The van der Waals surface area contributed by atoms with Crippen molar-refractivity contribution in [2.75, 3.05) is 0 Å². The lowest BCUT2D eigenvalue weighted by atomic mass is 10.1. The zero-order valence-corrected chi connectivity index (χ0v) is 9.92. The maximum Gasteiger partial charge on any atom is 0.189 e. The highest BCUT2D eigenvalue weighted by molar-refractivity contribution is 6.06. The molecule has 1 heterocycles. The van der Waals surface area contributed by atoms with E-state index in [-0.39, 0.29) is 5.78 Å². The van der Waals surface area contributed by atoms with Gasteiger partial charge in [-0.05, 0) is 18.6 Å². The SMILES string of the molecule is Cc1cccc(/C=C/C(=O)c2cnn(C)c2)c1. The smallest absolute Gasteiger partial charge is 0.189 e. The second-order valence-corrected chi connectivity index (χ2v) is 4.01. The molecule has 0 saturated carbocycles. The lowest BCUT2D eigenvalue weighted by Gasteiger charge is -1.94. The second kappa shape index (κ2) is 4.78. The molecule has 0 aliphatic rings. The first-order valence-corrected chi connectivity index (χ1v) is 5.43. The molecule has 0 spiro atoms. The van der Waals surface area contributed by atoms with Crippen LogP contribution in [0.4, 0.5) is 0 Å². The largest absolute Gasteiger partial charge is 0.289 e. The molecule has 0 radical (unpaired) electrons. The molecule has 0 aliphatic heterocycles. The van der Waals surface area contributed by atoms with Crippen molar-refractivity contribution in [1.29, 1.82) is 0 Å². The van der Waals surface area contributed by atoms with Gasteiger partial charge in [-0.25, -0.2) is 0 Å². The lowest BCUT2D eigenvalue weighted by Crippen LogP contribution is -1.91. The van der Waals surface area contributed by atoms with Gasteiger partial charge in [-0.2, -0.15) is 5.10 Å². The van der Waals surface area contributed by atoms with Crippen molar-refractivity contribution in [3.63, 3.8) is 0 Å². The molecule has 1 aromatic carbocycles. The van der Waals surface area contributed by atoms with Gasteiger partial charge in [-0.3, -0.25) is 9.48 Å². The Balaban J connectivity index is 2.13. The van der Waals surface area contributed by atoms with Crippen molar-refractivity contribution >= 4 is 11.9 Å². The van der Waals surface area contributed by atoms with Gasteiger partial charge in [0.2, 0.25) is 0 Å². The highest BCUT2D eigenvalue weighted by Gasteiger charge is 2.03. The molecule has 3 nitrogen and oxygen atoms in total. The average molecular weight is 226 g/mol. The summed E-state index contributed by atoms with van der Waals surface area (Å²) in [6, 6.07) is 8.01.